The number of aryl methyl sites for hydroxylation is 1. The van der Waals surface area contributed by atoms with Gasteiger partial charge in [0.05, 0.1) is 6.04 Å². The molecule has 5 nitrogen and oxygen atoms in total. The fourth-order valence-corrected chi connectivity index (χ4v) is 6.56. The lowest BCUT2D eigenvalue weighted by Crippen LogP contribution is -2.53. The van der Waals surface area contributed by atoms with Crippen LogP contribution in [0.25, 0.3) is 0 Å². The summed E-state index contributed by atoms with van der Waals surface area (Å²) in [6.45, 7) is 0.0200. The van der Waals surface area contributed by atoms with E-state index in [0.717, 1.165) is 46.3 Å². The monoisotopic (exact) mass is 464 g/mol. The molecule has 0 fully saturated rings. The SMILES string of the molecule is O=C(NC1CCCc2ccccc21)C1Cc2ccccc2CN1S(=O)(=O)c1ccccc1F. The Balaban J connectivity index is 1.50. The zero-order valence-corrected chi connectivity index (χ0v) is 18.9. The van der Waals surface area contributed by atoms with Gasteiger partial charge >= 0.3 is 0 Å². The van der Waals surface area contributed by atoms with Gasteiger partial charge in [0, 0.05) is 6.54 Å². The van der Waals surface area contributed by atoms with Gasteiger partial charge in [-0.25, -0.2) is 12.8 Å². The number of halogens is 1. The van der Waals surface area contributed by atoms with E-state index in [4.69, 9.17) is 0 Å². The third-order valence-electron chi connectivity index (χ3n) is 6.62. The average Bonchev–Trinajstić information content (AvgIpc) is 2.83. The van der Waals surface area contributed by atoms with Crippen LogP contribution in [-0.4, -0.2) is 24.7 Å². The molecule has 1 amide bonds. The first kappa shape index (κ1) is 21.8. The summed E-state index contributed by atoms with van der Waals surface area (Å²) in [5, 5.41) is 3.10. The Kier molecular flexibility index (Phi) is 5.76. The van der Waals surface area contributed by atoms with Crippen LogP contribution in [0.3, 0.4) is 0 Å². The number of hydrogen-bond acceptors (Lipinski definition) is 3. The summed E-state index contributed by atoms with van der Waals surface area (Å²) in [4.78, 5) is 13.1. The maximum atomic E-state index is 14.5. The molecule has 2 aliphatic rings. The first-order valence-electron chi connectivity index (χ1n) is 11.2. The van der Waals surface area contributed by atoms with E-state index in [1.54, 1.807) is 0 Å². The standard InChI is InChI=1S/C26H25FN2O3S/c27-22-13-5-6-15-25(22)33(31,32)29-17-20-10-2-1-9-19(20)16-24(29)26(30)28-23-14-7-11-18-8-3-4-12-21(18)23/h1-6,8-10,12-13,15,23-24H,7,11,14,16-17H2,(H,28,30). The van der Waals surface area contributed by atoms with E-state index in [1.165, 1.54) is 23.8 Å². The second kappa shape index (κ2) is 8.72. The van der Waals surface area contributed by atoms with E-state index in [2.05, 4.69) is 11.4 Å². The minimum atomic E-state index is -4.23. The van der Waals surface area contributed by atoms with Gasteiger partial charge in [-0.2, -0.15) is 4.31 Å². The lowest BCUT2D eigenvalue weighted by atomic mass is 9.87. The predicted octanol–water partition coefficient (Wildman–Crippen LogP) is 4.14. The van der Waals surface area contributed by atoms with Gasteiger partial charge in [-0.3, -0.25) is 4.79 Å². The van der Waals surface area contributed by atoms with Crippen LogP contribution < -0.4 is 5.32 Å². The maximum absolute atomic E-state index is 14.5. The van der Waals surface area contributed by atoms with Gasteiger partial charge in [0.15, 0.2) is 0 Å². The van der Waals surface area contributed by atoms with Crippen molar-refractivity contribution in [3.05, 3.63) is 101 Å². The molecule has 0 aromatic heterocycles. The third-order valence-corrected chi connectivity index (χ3v) is 8.51. The minimum Gasteiger partial charge on any atom is -0.348 e. The molecule has 170 valence electrons. The summed E-state index contributed by atoms with van der Waals surface area (Å²) in [6.07, 6.45) is 2.95. The van der Waals surface area contributed by atoms with E-state index >= 15 is 0 Å². The summed E-state index contributed by atoms with van der Waals surface area (Å²) in [5.41, 5.74) is 4.04. The molecule has 1 aliphatic carbocycles. The van der Waals surface area contributed by atoms with Crippen LogP contribution >= 0.6 is 0 Å². The lowest BCUT2D eigenvalue weighted by Gasteiger charge is -2.36. The number of carbonyl (C=O) groups is 1. The summed E-state index contributed by atoms with van der Waals surface area (Å²) in [5.74, 6) is -1.18. The van der Waals surface area contributed by atoms with Crippen molar-refractivity contribution in [3.8, 4) is 0 Å². The lowest BCUT2D eigenvalue weighted by molar-refractivity contribution is -0.126. The molecular weight excluding hydrogens is 439 g/mol. The fourth-order valence-electron chi connectivity index (χ4n) is 4.93. The molecular formula is C26H25FN2O3S. The molecule has 2 unspecified atom stereocenters. The quantitative estimate of drug-likeness (QED) is 0.631. The molecule has 2 atom stereocenters. The molecule has 5 rings (SSSR count). The maximum Gasteiger partial charge on any atom is 0.247 e. The highest BCUT2D eigenvalue weighted by Gasteiger charge is 2.41. The van der Waals surface area contributed by atoms with Crippen LogP contribution in [0.4, 0.5) is 4.39 Å². The Labute approximate surface area is 193 Å². The Morgan fingerprint density at radius 1 is 0.909 bits per heavy atom. The molecule has 7 heteroatoms. The Hall–Kier alpha value is -3.03. The molecule has 1 aliphatic heterocycles. The normalized spacial score (nSPS) is 20.5. The van der Waals surface area contributed by atoms with Gasteiger partial charge in [-0.05, 0) is 60.1 Å². The van der Waals surface area contributed by atoms with Crippen LogP contribution in [0.2, 0.25) is 0 Å². The highest BCUT2D eigenvalue weighted by atomic mass is 32.2. The van der Waals surface area contributed by atoms with E-state index in [1.807, 2.05) is 42.5 Å². The smallest absolute Gasteiger partial charge is 0.247 e. The highest BCUT2D eigenvalue weighted by molar-refractivity contribution is 7.89. The third kappa shape index (κ3) is 4.07. The van der Waals surface area contributed by atoms with Crippen molar-refractivity contribution >= 4 is 15.9 Å². The zero-order chi connectivity index (χ0) is 23.0. The number of fused-ring (bicyclic) bond motifs is 2. The van der Waals surface area contributed by atoms with Gasteiger partial charge in [0.1, 0.15) is 16.8 Å². The second-order valence-corrected chi connectivity index (χ2v) is 10.5. The predicted molar refractivity (Wildman–Crippen MR) is 123 cm³/mol. The van der Waals surface area contributed by atoms with Crippen LogP contribution in [0, 0.1) is 5.82 Å². The largest absolute Gasteiger partial charge is 0.348 e. The molecule has 0 spiro atoms. The summed E-state index contributed by atoms with van der Waals surface area (Å²) in [7, 11) is -4.23. The molecule has 1 heterocycles. The van der Waals surface area contributed by atoms with Gasteiger partial charge < -0.3 is 5.32 Å². The summed E-state index contributed by atoms with van der Waals surface area (Å²) < 4.78 is 42.7. The van der Waals surface area contributed by atoms with Crippen LogP contribution in [-0.2, 0) is 34.2 Å². The first-order valence-corrected chi connectivity index (χ1v) is 12.6. The molecule has 0 saturated heterocycles. The van der Waals surface area contributed by atoms with E-state index < -0.39 is 26.8 Å². The van der Waals surface area contributed by atoms with Crippen molar-refractivity contribution < 1.29 is 17.6 Å². The number of hydrogen-bond donors (Lipinski definition) is 1. The van der Waals surface area contributed by atoms with Crippen molar-refractivity contribution in [1.29, 1.82) is 0 Å². The second-order valence-electron chi connectivity index (χ2n) is 8.62. The number of nitrogens with one attached hydrogen (secondary N) is 1. The van der Waals surface area contributed by atoms with E-state index in [9.17, 15) is 17.6 Å². The van der Waals surface area contributed by atoms with Gasteiger partial charge in [-0.1, -0.05) is 60.7 Å². The van der Waals surface area contributed by atoms with Gasteiger partial charge in [0.2, 0.25) is 15.9 Å². The molecule has 0 saturated carbocycles. The van der Waals surface area contributed by atoms with Crippen molar-refractivity contribution in [1.82, 2.24) is 9.62 Å². The Bertz CT molecular complexity index is 1310. The summed E-state index contributed by atoms with van der Waals surface area (Å²) >= 11 is 0. The number of sulfonamides is 1. The van der Waals surface area contributed by atoms with Crippen molar-refractivity contribution in [2.75, 3.05) is 0 Å². The number of carbonyl (C=O) groups excluding carboxylic acids is 1. The number of benzene rings is 3. The Morgan fingerprint density at radius 3 is 2.36 bits per heavy atom. The molecule has 0 bridgehead atoms. The minimum absolute atomic E-state index is 0.0200. The molecule has 3 aromatic carbocycles. The van der Waals surface area contributed by atoms with E-state index in [-0.39, 0.29) is 24.9 Å². The van der Waals surface area contributed by atoms with Crippen molar-refractivity contribution in [2.24, 2.45) is 0 Å². The topological polar surface area (TPSA) is 66.5 Å². The molecule has 3 aromatic rings. The number of amides is 1. The van der Waals surface area contributed by atoms with Gasteiger partial charge in [0.25, 0.3) is 0 Å². The Morgan fingerprint density at radius 2 is 1.58 bits per heavy atom. The highest BCUT2D eigenvalue weighted by Crippen LogP contribution is 2.33. The number of rotatable bonds is 4. The summed E-state index contributed by atoms with van der Waals surface area (Å²) in [6, 6.07) is 19.7. The molecule has 1 N–H and O–H groups in total. The van der Waals surface area contributed by atoms with Crippen molar-refractivity contribution in [3.63, 3.8) is 0 Å². The average molecular weight is 465 g/mol. The molecule has 0 radical (unpaired) electrons. The molecule has 33 heavy (non-hydrogen) atoms. The van der Waals surface area contributed by atoms with E-state index in [0.29, 0.717) is 0 Å². The first-order chi connectivity index (χ1) is 15.9. The fraction of sp³-hybridized carbons (Fsp3) is 0.269. The van der Waals surface area contributed by atoms with Crippen LogP contribution in [0.15, 0.2) is 77.7 Å². The van der Waals surface area contributed by atoms with Crippen LogP contribution in [0.5, 0.6) is 0 Å². The van der Waals surface area contributed by atoms with Crippen LogP contribution in [0.1, 0.15) is 41.1 Å². The van der Waals surface area contributed by atoms with Gasteiger partial charge in [-0.15, -0.1) is 0 Å². The number of nitrogens with zero attached hydrogens (tertiary/aromatic N) is 1. The van der Waals surface area contributed by atoms with Crippen molar-refractivity contribution in [2.45, 2.75) is 49.2 Å². The zero-order valence-electron chi connectivity index (χ0n) is 18.1.